The molecular formula is C11H17N5O2S2. The van der Waals surface area contributed by atoms with Gasteiger partial charge in [0.15, 0.2) is 0 Å². The standard InChI is InChI=1S/C11H17N5O2S2/c1-12-6-9-5-11(19-7-9)20(17,18)14-4-3-10-15-13-8-16(10)2/h5,7-8,12,14H,3-4,6H2,1-2H3. The average Bonchev–Trinajstić information content (AvgIpc) is 3.00. The second kappa shape index (κ2) is 6.44. The minimum absolute atomic E-state index is 0.300. The molecule has 2 heterocycles. The van der Waals surface area contributed by atoms with Crippen molar-refractivity contribution in [3.8, 4) is 0 Å². The molecule has 9 heteroatoms. The normalized spacial score (nSPS) is 11.9. The molecule has 0 unspecified atom stereocenters. The Labute approximate surface area is 122 Å². The number of sulfonamides is 1. The van der Waals surface area contributed by atoms with Gasteiger partial charge in [0.2, 0.25) is 10.0 Å². The summed E-state index contributed by atoms with van der Waals surface area (Å²) in [7, 11) is 0.210. The summed E-state index contributed by atoms with van der Waals surface area (Å²) in [5, 5.41) is 12.5. The zero-order valence-electron chi connectivity index (χ0n) is 11.3. The van der Waals surface area contributed by atoms with Crippen LogP contribution >= 0.6 is 11.3 Å². The minimum Gasteiger partial charge on any atom is -0.321 e. The third-order valence-corrected chi connectivity index (χ3v) is 5.67. The fraction of sp³-hybridized carbons (Fsp3) is 0.455. The topological polar surface area (TPSA) is 88.9 Å². The summed E-state index contributed by atoms with van der Waals surface area (Å²) in [5.41, 5.74) is 0.964. The van der Waals surface area contributed by atoms with Crippen LogP contribution in [0, 0.1) is 0 Å². The first-order chi connectivity index (χ1) is 9.53. The maximum absolute atomic E-state index is 12.1. The van der Waals surface area contributed by atoms with Gasteiger partial charge < -0.3 is 9.88 Å². The van der Waals surface area contributed by atoms with E-state index in [1.54, 1.807) is 17.0 Å². The van der Waals surface area contributed by atoms with E-state index in [1.807, 2.05) is 19.5 Å². The van der Waals surface area contributed by atoms with Gasteiger partial charge in [-0.1, -0.05) is 0 Å². The number of aromatic nitrogens is 3. The van der Waals surface area contributed by atoms with Crippen molar-refractivity contribution in [3.63, 3.8) is 0 Å². The van der Waals surface area contributed by atoms with Gasteiger partial charge in [0.05, 0.1) is 0 Å². The maximum Gasteiger partial charge on any atom is 0.250 e. The molecule has 0 atom stereocenters. The minimum atomic E-state index is -3.44. The molecule has 0 aliphatic rings. The van der Waals surface area contributed by atoms with Crippen molar-refractivity contribution in [3.05, 3.63) is 29.2 Å². The summed E-state index contributed by atoms with van der Waals surface area (Å²) in [6.07, 6.45) is 2.09. The van der Waals surface area contributed by atoms with Gasteiger partial charge in [-0.2, -0.15) is 0 Å². The van der Waals surface area contributed by atoms with Crippen LogP contribution in [-0.4, -0.2) is 36.8 Å². The number of aryl methyl sites for hydroxylation is 1. The molecule has 0 aromatic carbocycles. The highest BCUT2D eigenvalue weighted by Gasteiger charge is 2.16. The summed E-state index contributed by atoms with van der Waals surface area (Å²) in [6.45, 7) is 0.957. The molecule has 0 spiro atoms. The van der Waals surface area contributed by atoms with E-state index in [0.29, 0.717) is 23.7 Å². The zero-order chi connectivity index (χ0) is 14.6. The number of hydrogen-bond acceptors (Lipinski definition) is 6. The smallest absolute Gasteiger partial charge is 0.250 e. The van der Waals surface area contributed by atoms with Crippen molar-refractivity contribution in [1.82, 2.24) is 24.8 Å². The van der Waals surface area contributed by atoms with Crippen LogP contribution in [0.25, 0.3) is 0 Å². The number of hydrogen-bond donors (Lipinski definition) is 2. The Hall–Kier alpha value is -1.29. The van der Waals surface area contributed by atoms with E-state index in [1.165, 1.54) is 11.3 Å². The molecule has 0 aliphatic heterocycles. The summed E-state index contributed by atoms with van der Waals surface area (Å²) in [4.78, 5) is 0. The summed E-state index contributed by atoms with van der Waals surface area (Å²) in [6, 6.07) is 1.69. The van der Waals surface area contributed by atoms with Crippen molar-refractivity contribution >= 4 is 21.4 Å². The third-order valence-electron chi connectivity index (χ3n) is 2.72. The van der Waals surface area contributed by atoms with Crippen molar-refractivity contribution in [2.45, 2.75) is 17.2 Å². The van der Waals surface area contributed by atoms with Gasteiger partial charge in [-0.3, -0.25) is 0 Å². The fourth-order valence-corrected chi connectivity index (χ4v) is 3.98. The largest absolute Gasteiger partial charge is 0.321 e. The van der Waals surface area contributed by atoms with Gasteiger partial charge >= 0.3 is 0 Å². The van der Waals surface area contributed by atoms with Crippen LogP contribution in [0.1, 0.15) is 11.4 Å². The first-order valence-corrected chi connectivity index (χ1v) is 8.44. The van der Waals surface area contributed by atoms with Crippen LogP contribution in [0.15, 0.2) is 22.0 Å². The Balaban J connectivity index is 1.95. The predicted octanol–water partition coefficient (Wildman–Crippen LogP) is 0.117. The lowest BCUT2D eigenvalue weighted by atomic mass is 10.3. The Bertz CT molecular complexity index is 662. The first kappa shape index (κ1) is 15.1. The van der Waals surface area contributed by atoms with E-state index in [0.717, 1.165) is 11.4 Å². The monoisotopic (exact) mass is 315 g/mol. The molecule has 7 nitrogen and oxygen atoms in total. The lowest BCUT2D eigenvalue weighted by Crippen LogP contribution is -2.26. The van der Waals surface area contributed by atoms with Crippen LogP contribution in [0.5, 0.6) is 0 Å². The fourth-order valence-electron chi connectivity index (χ4n) is 1.69. The van der Waals surface area contributed by atoms with Crippen LogP contribution in [-0.2, 0) is 30.0 Å². The number of nitrogens with zero attached hydrogens (tertiary/aromatic N) is 3. The summed E-state index contributed by atoms with van der Waals surface area (Å²) < 4.78 is 28.9. The highest BCUT2D eigenvalue weighted by Crippen LogP contribution is 2.19. The average molecular weight is 315 g/mol. The Morgan fingerprint density at radius 1 is 1.45 bits per heavy atom. The van der Waals surface area contributed by atoms with Crippen LogP contribution in [0.2, 0.25) is 0 Å². The SMILES string of the molecule is CNCc1csc(S(=O)(=O)NCCc2nncn2C)c1. The molecular weight excluding hydrogens is 298 g/mol. The molecule has 110 valence electrons. The second-order valence-corrected chi connectivity index (χ2v) is 7.22. The summed E-state index contributed by atoms with van der Waals surface area (Å²) in [5.74, 6) is 0.745. The molecule has 0 bridgehead atoms. The lowest BCUT2D eigenvalue weighted by molar-refractivity contribution is 0.582. The molecule has 2 rings (SSSR count). The van der Waals surface area contributed by atoms with Crippen molar-refractivity contribution in [2.75, 3.05) is 13.6 Å². The van der Waals surface area contributed by atoms with Gasteiger partial charge in [0.1, 0.15) is 16.4 Å². The van der Waals surface area contributed by atoms with Gasteiger partial charge in [0, 0.05) is 26.6 Å². The van der Waals surface area contributed by atoms with Crippen LogP contribution in [0.4, 0.5) is 0 Å². The molecule has 20 heavy (non-hydrogen) atoms. The van der Waals surface area contributed by atoms with Crippen molar-refractivity contribution < 1.29 is 8.42 Å². The third kappa shape index (κ3) is 3.63. The first-order valence-electron chi connectivity index (χ1n) is 6.07. The predicted molar refractivity (Wildman–Crippen MR) is 77.0 cm³/mol. The van der Waals surface area contributed by atoms with Gasteiger partial charge in [-0.15, -0.1) is 21.5 Å². The number of rotatable bonds is 7. The van der Waals surface area contributed by atoms with Gasteiger partial charge in [-0.05, 0) is 24.1 Å². The van der Waals surface area contributed by atoms with Gasteiger partial charge in [-0.25, -0.2) is 13.1 Å². The van der Waals surface area contributed by atoms with E-state index < -0.39 is 10.0 Å². The Morgan fingerprint density at radius 3 is 2.90 bits per heavy atom. The Kier molecular flexibility index (Phi) is 4.86. The molecule has 2 N–H and O–H groups in total. The number of nitrogens with one attached hydrogen (secondary N) is 2. The van der Waals surface area contributed by atoms with Crippen LogP contribution in [0.3, 0.4) is 0 Å². The second-order valence-electron chi connectivity index (χ2n) is 4.31. The molecule has 0 fully saturated rings. The molecule has 0 radical (unpaired) electrons. The highest BCUT2D eigenvalue weighted by atomic mass is 32.2. The Morgan fingerprint density at radius 2 is 2.25 bits per heavy atom. The zero-order valence-corrected chi connectivity index (χ0v) is 13.0. The van der Waals surface area contributed by atoms with Gasteiger partial charge in [0.25, 0.3) is 0 Å². The van der Waals surface area contributed by atoms with E-state index in [2.05, 4.69) is 20.2 Å². The van der Waals surface area contributed by atoms with Crippen molar-refractivity contribution in [2.24, 2.45) is 7.05 Å². The van der Waals surface area contributed by atoms with Crippen molar-refractivity contribution in [1.29, 1.82) is 0 Å². The molecule has 0 saturated heterocycles. The molecule has 0 amide bonds. The quantitative estimate of drug-likeness (QED) is 0.757. The highest BCUT2D eigenvalue weighted by molar-refractivity contribution is 7.91. The molecule has 2 aromatic rings. The van der Waals surface area contributed by atoms with E-state index in [9.17, 15) is 8.42 Å². The summed E-state index contributed by atoms with van der Waals surface area (Å²) >= 11 is 1.22. The molecule has 0 aliphatic carbocycles. The maximum atomic E-state index is 12.1. The van der Waals surface area contributed by atoms with E-state index in [4.69, 9.17) is 0 Å². The van der Waals surface area contributed by atoms with Crippen LogP contribution < -0.4 is 10.0 Å². The van der Waals surface area contributed by atoms with E-state index >= 15 is 0 Å². The molecule has 2 aromatic heterocycles. The lowest BCUT2D eigenvalue weighted by Gasteiger charge is -2.04. The van der Waals surface area contributed by atoms with E-state index in [-0.39, 0.29) is 0 Å². The molecule has 0 saturated carbocycles. The number of thiophene rings is 1.